The molecule has 0 saturated carbocycles. The molecular formula is C15H20N4O2S. The molecule has 1 fully saturated rings. The van der Waals surface area contributed by atoms with Crippen molar-refractivity contribution in [2.24, 2.45) is 0 Å². The number of hydrogen-bond acceptors (Lipinski definition) is 5. The Kier molecular flexibility index (Phi) is 4.72. The molecule has 2 aromatic rings. The Morgan fingerprint density at radius 3 is 2.95 bits per heavy atom. The number of aromatic nitrogens is 2. The van der Waals surface area contributed by atoms with Crippen LogP contribution in [0.15, 0.2) is 22.0 Å². The monoisotopic (exact) mass is 320 g/mol. The van der Waals surface area contributed by atoms with Gasteiger partial charge in [-0.15, -0.1) is 11.3 Å². The zero-order valence-corrected chi connectivity index (χ0v) is 13.4. The van der Waals surface area contributed by atoms with E-state index in [4.69, 9.17) is 4.52 Å². The average Bonchev–Trinajstić information content (AvgIpc) is 3.19. The molecule has 0 radical (unpaired) electrons. The predicted molar refractivity (Wildman–Crippen MR) is 84.0 cm³/mol. The number of nitrogens with zero attached hydrogens (tertiary/aromatic N) is 3. The lowest BCUT2D eigenvalue weighted by molar-refractivity contribution is 0.175. The molecule has 118 valence electrons. The zero-order chi connectivity index (χ0) is 15.4. The van der Waals surface area contributed by atoms with E-state index in [1.54, 1.807) is 11.3 Å². The summed E-state index contributed by atoms with van der Waals surface area (Å²) in [5, 5.41) is 8.88. The fraction of sp³-hybridized carbons (Fsp3) is 0.533. The summed E-state index contributed by atoms with van der Waals surface area (Å²) in [5.74, 6) is 1.65. The zero-order valence-electron chi connectivity index (χ0n) is 12.6. The maximum atomic E-state index is 12.1. The van der Waals surface area contributed by atoms with Crippen LogP contribution >= 0.6 is 11.3 Å². The molecule has 1 saturated heterocycles. The molecular weight excluding hydrogens is 300 g/mol. The largest absolute Gasteiger partial charge is 0.339 e. The minimum atomic E-state index is 0.0247. The van der Waals surface area contributed by atoms with Gasteiger partial charge in [-0.05, 0) is 37.6 Å². The Hall–Kier alpha value is -1.89. The van der Waals surface area contributed by atoms with Crippen LogP contribution in [0.1, 0.15) is 35.4 Å². The van der Waals surface area contributed by atoms with E-state index in [1.807, 2.05) is 17.9 Å². The minimum absolute atomic E-state index is 0.0247. The third-order valence-corrected chi connectivity index (χ3v) is 4.84. The first-order valence-corrected chi connectivity index (χ1v) is 8.45. The van der Waals surface area contributed by atoms with Gasteiger partial charge < -0.3 is 14.7 Å². The van der Waals surface area contributed by atoms with Crippen LogP contribution in [-0.4, -0.2) is 40.7 Å². The number of amides is 2. The van der Waals surface area contributed by atoms with Crippen LogP contribution in [0.4, 0.5) is 4.79 Å². The molecule has 0 aromatic carbocycles. The number of carbonyl (C=O) groups excluding carboxylic acids is 1. The molecule has 0 bridgehead atoms. The standard InChI is InChI=1S/C15H20N4O2S/c1-11-17-14(21-18-11)12-5-8-19(9-6-12)15(20)16-7-4-13-3-2-10-22-13/h2-3,10,12H,4-9H2,1H3,(H,16,20). The number of piperidine rings is 1. The lowest BCUT2D eigenvalue weighted by Crippen LogP contribution is -2.44. The summed E-state index contributed by atoms with van der Waals surface area (Å²) in [5.41, 5.74) is 0. The number of rotatable bonds is 4. The van der Waals surface area contributed by atoms with Crippen LogP contribution in [0.25, 0.3) is 0 Å². The van der Waals surface area contributed by atoms with Crippen molar-refractivity contribution in [3.63, 3.8) is 0 Å². The van der Waals surface area contributed by atoms with E-state index < -0.39 is 0 Å². The smallest absolute Gasteiger partial charge is 0.317 e. The van der Waals surface area contributed by atoms with Gasteiger partial charge >= 0.3 is 6.03 Å². The Balaban J connectivity index is 1.41. The van der Waals surface area contributed by atoms with E-state index in [1.165, 1.54) is 4.88 Å². The summed E-state index contributed by atoms with van der Waals surface area (Å²) in [6, 6.07) is 4.15. The Morgan fingerprint density at radius 2 is 2.32 bits per heavy atom. The van der Waals surface area contributed by atoms with E-state index >= 15 is 0 Å². The molecule has 1 aliphatic heterocycles. The van der Waals surface area contributed by atoms with Gasteiger partial charge in [-0.2, -0.15) is 4.98 Å². The molecule has 1 N–H and O–H groups in total. The highest BCUT2D eigenvalue weighted by molar-refractivity contribution is 7.09. The summed E-state index contributed by atoms with van der Waals surface area (Å²) in [7, 11) is 0. The second-order valence-corrected chi connectivity index (χ2v) is 6.53. The molecule has 0 aliphatic carbocycles. The van der Waals surface area contributed by atoms with Crippen molar-refractivity contribution in [1.29, 1.82) is 0 Å². The van der Waals surface area contributed by atoms with E-state index in [9.17, 15) is 4.79 Å². The van der Waals surface area contributed by atoms with Crippen molar-refractivity contribution < 1.29 is 9.32 Å². The molecule has 3 rings (SSSR count). The summed E-state index contributed by atoms with van der Waals surface area (Å²) < 4.78 is 5.23. The molecule has 2 aromatic heterocycles. The van der Waals surface area contributed by atoms with Gasteiger partial charge in [0.1, 0.15) is 0 Å². The topological polar surface area (TPSA) is 71.3 Å². The number of aryl methyl sites for hydroxylation is 1. The van der Waals surface area contributed by atoms with Crippen LogP contribution in [0.2, 0.25) is 0 Å². The van der Waals surface area contributed by atoms with Gasteiger partial charge in [0.15, 0.2) is 5.82 Å². The predicted octanol–water partition coefficient (Wildman–Crippen LogP) is 2.57. The van der Waals surface area contributed by atoms with Gasteiger partial charge in [-0.1, -0.05) is 11.2 Å². The van der Waals surface area contributed by atoms with E-state index in [2.05, 4.69) is 26.9 Å². The maximum absolute atomic E-state index is 12.1. The molecule has 7 heteroatoms. The van der Waals surface area contributed by atoms with Crippen molar-refractivity contribution in [1.82, 2.24) is 20.4 Å². The van der Waals surface area contributed by atoms with Gasteiger partial charge in [0.25, 0.3) is 0 Å². The molecule has 3 heterocycles. The third kappa shape index (κ3) is 3.65. The summed E-state index contributed by atoms with van der Waals surface area (Å²) in [6.07, 6.45) is 2.64. The highest BCUT2D eigenvalue weighted by Crippen LogP contribution is 2.26. The van der Waals surface area contributed by atoms with Gasteiger partial charge in [-0.3, -0.25) is 0 Å². The maximum Gasteiger partial charge on any atom is 0.317 e. The number of thiophene rings is 1. The molecule has 22 heavy (non-hydrogen) atoms. The lowest BCUT2D eigenvalue weighted by Gasteiger charge is -2.30. The van der Waals surface area contributed by atoms with Crippen molar-refractivity contribution >= 4 is 17.4 Å². The SMILES string of the molecule is Cc1noc(C2CCN(C(=O)NCCc3cccs3)CC2)n1. The molecule has 1 aliphatic rings. The van der Waals surface area contributed by atoms with Crippen molar-refractivity contribution in [3.8, 4) is 0 Å². The molecule has 0 unspecified atom stereocenters. The number of urea groups is 1. The van der Waals surface area contributed by atoms with Crippen LogP contribution in [-0.2, 0) is 6.42 Å². The second-order valence-electron chi connectivity index (χ2n) is 5.50. The van der Waals surface area contributed by atoms with Crippen molar-refractivity contribution in [2.45, 2.75) is 32.1 Å². The van der Waals surface area contributed by atoms with Crippen LogP contribution in [0.5, 0.6) is 0 Å². The molecule has 6 nitrogen and oxygen atoms in total. The van der Waals surface area contributed by atoms with Crippen molar-refractivity contribution in [3.05, 3.63) is 34.1 Å². The second kappa shape index (κ2) is 6.91. The van der Waals surface area contributed by atoms with E-state index in [-0.39, 0.29) is 11.9 Å². The Morgan fingerprint density at radius 1 is 1.50 bits per heavy atom. The summed E-state index contributed by atoms with van der Waals surface area (Å²) in [4.78, 5) is 19.6. The fourth-order valence-electron chi connectivity index (χ4n) is 2.67. The average molecular weight is 320 g/mol. The van der Waals surface area contributed by atoms with Gasteiger partial charge in [0.2, 0.25) is 5.89 Å². The van der Waals surface area contributed by atoms with Crippen molar-refractivity contribution in [2.75, 3.05) is 19.6 Å². The van der Waals surface area contributed by atoms with Crippen LogP contribution < -0.4 is 5.32 Å². The Labute approximate surface area is 133 Å². The minimum Gasteiger partial charge on any atom is -0.339 e. The van der Waals surface area contributed by atoms with E-state index in [0.717, 1.165) is 32.4 Å². The van der Waals surface area contributed by atoms with Gasteiger partial charge in [0, 0.05) is 30.4 Å². The summed E-state index contributed by atoms with van der Waals surface area (Å²) >= 11 is 1.72. The number of hydrogen-bond donors (Lipinski definition) is 1. The van der Waals surface area contributed by atoms with E-state index in [0.29, 0.717) is 18.3 Å². The van der Waals surface area contributed by atoms with Gasteiger partial charge in [-0.25, -0.2) is 4.79 Å². The Bertz CT molecular complexity index is 603. The highest BCUT2D eigenvalue weighted by atomic mass is 32.1. The molecule has 0 spiro atoms. The summed E-state index contributed by atoms with van der Waals surface area (Å²) in [6.45, 7) is 3.97. The number of nitrogens with one attached hydrogen (secondary N) is 1. The first-order valence-electron chi connectivity index (χ1n) is 7.58. The third-order valence-electron chi connectivity index (χ3n) is 3.90. The number of likely N-dealkylation sites (tertiary alicyclic amines) is 1. The lowest BCUT2D eigenvalue weighted by atomic mass is 9.97. The van der Waals surface area contributed by atoms with Gasteiger partial charge in [0.05, 0.1) is 0 Å². The first kappa shape index (κ1) is 15.0. The first-order chi connectivity index (χ1) is 10.7. The fourth-order valence-corrected chi connectivity index (χ4v) is 3.38. The normalized spacial score (nSPS) is 16.0. The quantitative estimate of drug-likeness (QED) is 0.940. The van der Waals surface area contributed by atoms with Crippen LogP contribution in [0.3, 0.4) is 0 Å². The molecule has 2 amide bonds. The molecule has 0 atom stereocenters. The van der Waals surface area contributed by atoms with Crippen LogP contribution in [0, 0.1) is 6.92 Å². The highest BCUT2D eigenvalue weighted by Gasteiger charge is 2.26. The number of carbonyl (C=O) groups is 1.